The minimum Gasteiger partial charge on any atom is -0.406 e. The van der Waals surface area contributed by atoms with Crippen molar-refractivity contribution in [2.24, 2.45) is 0 Å². The molecule has 0 unspecified atom stereocenters. The fraction of sp³-hybridized carbons (Fsp3) is 0.0909. The standard InChI is InChI=1S/C44H23F5N4O/c1-24-4-6-25(7-5-24)40-36(43(52-2)53-3)21-35-39(27-10-16-31(46)17-11-27)41-34(38(42(35)40)26-8-14-30(45)15-9-26)20-33(29(22-50)23-51)37(41)28-12-18-32(19-13-28)54-44(47,48)49/h4-19H,20-21H2,1H3. The molecule has 0 atom stereocenters. The van der Waals surface area contributed by atoms with Crippen LogP contribution in [0.15, 0.2) is 120 Å². The Hall–Kier alpha value is -7.27. The molecule has 0 radical (unpaired) electrons. The maximum absolute atomic E-state index is 14.5. The molecule has 7 rings (SSSR count). The van der Waals surface area contributed by atoms with Gasteiger partial charge in [-0.2, -0.15) is 20.2 Å². The number of hydrogen-bond donors (Lipinski definition) is 0. The number of rotatable bonds is 5. The van der Waals surface area contributed by atoms with E-state index in [1.165, 1.54) is 36.4 Å². The van der Waals surface area contributed by atoms with E-state index < -0.39 is 23.7 Å². The smallest absolute Gasteiger partial charge is 0.406 e. The van der Waals surface area contributed by atoms with Gasteiger partial charge in [0.05, 0.1) is 5.57 Å². The lowest BCUT2D eigenvalue weighted by Crippen LogP contribution is -2.25. The summed E-state index contributed by atoms with van der Waals surface area (Å²) in [5.74, 6) is -1.63. The predicted molar refractivity (Wildman–Crippen MR) is 192 cm³/mol. The lowest BCUT2D eigenvalue weighted by Gasteiger charge is -2.17. The minimum absolute atomic E-state index is 0.00876. The van der Waals surface area contributed by atoms with Crippen LogP contribution in [0.25, 0.3) is 43.1 Å². The van der Waals surface area contributed by atoms with Gasteiger partial charge in [0.15, 0.2) is 0 Å². The number of nitrogens with zero attached hydrogens (tertiary/aromatic N) is 4. The Balaban J connectivity index is 1.78. The van der Waals surface area contributed by atoms with Gasteiger partial charge in [-0.1, -0.05) is 66.2 Å². The van der Waals surface area contributed by atoms with Gasteiger partial charge in [-0.3, -0.25) is 0 Å². The number of hydrogen-bond acceptors (Lipinski definition) is 3. The molecule has 5 aromatic carbocycles. The van der Waals surface area contributed by atoms with Crippen molar-refractivity contribution in [3.8, 4) is 40.1 Å². The fourth-order valence-electron chi connectivity index (χ4n) is 7.37. The number of alkyl halides is 3. The molecule has 0 N–H and O–H groups in total. The lowest BCUT2D eigenvalue weighted by molar-refractivity contribution is -0.274. The maximum atomic E-state index is 14.5. The summed E-state index contributed by atoms with van der Waals surface area (Å²) in [6.07, 6.45) is -4.85. The van der Waals surface area contributed by atoms with Crippen molar-refractivity contribution in [1.82, 2.24) is 0 Å². The zero-order valence-corrected chi connectivity index (χ0v) is 28.2. The first-order chi connectivity index (χ1) is 26.0. The van der Waals surface area contributed by atoms with Gasteiger partial charge >= 0.3 is 12.2 Å². The fourth-order valence-corrected chi connectivity index (χ4v) is 7.37. The second-order valence-corrected chi connectivity index (χ2v) is 12.6. The van der Waals surface area contributed by atoms with Gasteiger partial charge < -0.3 is 4.74 Å². The molecular formula is C44H23F5N4O. The van der Waals surface area contributed by atoms with Crippen LogP contribution in [-0.4, -0.2) is 6.36 Å². The number of allylic oxidation sites excluding steroid dienone is 3. The number of ether oxygens (including phenoxy) is 1. The van der Waals surface area contributed by atoms with Gasteiger partial charge in [-0.05, 0) is 121 Å². The Kier molecular flexibility index (Phi) is 8.92. The van der Waals surface area contributed by atoms with E-state index >= 15 is 0 Å². The first-order valence-electron chi connectivity index (χ1n) is 16.4. The molecule has 2 aliphatic rings. The first-order valence-corrected chi connectivity index (χ1v) is 16.4. The molecule has 0 saturated heterocycles. The number of benzene rings is 5. The molecule has 2 aliphatic carbocycles. The number of fused-ring (bicyclic) bond motifs is 2. The highest BCUT2D eigenvalue weighted by molar-refractivity contribution is 5.98. The Morgan fingerprint density at radius 1 is 0.630 bits per heavy atom. The van der Waals surface area contributed by atoms with Crippen molar-refractivity contribution >= 4 is 11.1 Å². The van der Waals surface area contributed by atoms with Gasteiger partial charge in [0.1, 0.15) is 48.2 Å². The van der Waals surface area contributed by atoms with Crippen LogP contribution in [0.5, 0.6) is 5.75 Å². The average Bonchev–Trinajstić information content (AvgIpc) is 3.72. The summed E-state index contributed by atoms with van der Waals surface area (Å²) in [6.45, 7) is 17.9. The monoisotopic (exact) mass is 718 g/mol. The summed E-state index contributed by atoms with van der Waals surface area (Å²) in [4.78, 5) is 7.21. The Bertz CT molecular complexity index is 2720. The molecule has 0 amide bonds. The maximum Gasteiger partial charge on any atom is 0.573 e. The Labute approximate surface area is 306 Å². The Morgan fingerprint density at radius 2 is 1.04 bits per heavy atom. The van der Waals surface area contributed by atoms with Crippen molar-refractivity contribution in [2.45, 2.75) is 26.1 Å². The molecule has 0 aliphatic heterocycles. The van der Waals surface area contributed by atoms with Crippen LogP contribution in [0.2, 0.25) is 0 Å². The highest BCUT2D eigenvalue weighted by Gasteiger charge is 2.37. The van der Waals surface area contributed by atoms with E-state index in [2.05, 4.69) is 14.4 Å². The Morgan fingerprint density at radius 3 is 1.46 bits per heavy atom. The van der Waals surface area contributed by atoms with Crippen molar-refractivity contribution in [2.75, 3.05) is 0 Å². The molecule has 5 aromatic rings. The molecule has 260 valence electrons. The third kappa shape index (κ3) is 6.17. The quantitative estimate of drug-likeness (QED) is 0.103. The van der Waals surface area contributed by atoms with E-state index in [1.807, 2.05) is 43.3 Å². The SMILES string of the molecule is [C-]#[N+]C([N+]#[C-])=C1Cc2c(-c3ccc(F)cc3)c3c(c(-c4ccc(F)cc4)c2=C1c1ccc(C)cc1)CC(=C(C#N)C#N)C=3c1ccc(OC(F)(F)F)cc1. The van der Waals surface area contributed by atoms with Crippen LogP contribution in [-0.2, 0) is 12.8 Å². The van der Waals surface area contributed by atoms with Crippen LogP contribution in [0, 0.1) is 54.4 Å². The number of halogens is 5. The van der Waals surface area contributed by atoms with E-state index in [1.54, 1.807) is 24.3 Å². The number of aryl methyl sites for hydroxylation is 1. The minimum atomic E-state index is -4.94. The van der Waals surface area contributed by atoms with Crippen molar-refractivity contribution in [1.29, 1.82) is 10.5 Å². The first kappa shape index (κ1) is 35.1. The predicted octanol–water partition coefficient (Wildman–Crippen LogP) is 9.41. The second kappa shape index (κ2) is 13.7. The molecule has 0 aromatic heterocycles. The molecule has 10 heteroatoms. The molecule has 0 bridgehead atoms. The molecule has 5 nitrogen and oxygen atoms in total. The molecule has 0 fully saturated rings. The van der Waals surface area contributed by atoms with E-state index in [9.17, 15) is 32.5 Å². The average molecular weight is 719 g/mol. The summed E-state index contributed by atoms with van der Waals surface area (Å²) >= 11 is 0. The van der Waals surface area contributed by atoms with Crippen LogP contribution >= 0.6 is 0 Å². The van der Waals surface area contributed by atoms with E-state index in [-0.39, 0.29) is 24.2 Å². The lowest BCUT2D eigenvalue weighted by atomic mass is 9.86. The van der Waals surface area contributed by atoms with Crippen LogP contribution in [0.4, 0.5) is 22.0 Å². The zero-order chi connectivity index (χ0) is 38.3. The zero-order valence-electron chi connectivity index (χ0n) is 28.2. The molecule has 0 spiro atoms. The van der Waals surface area contributed by atoms with Crippen molar-refractivity contribution < 1.29 is 26.7 Å². The van der Waals surface area contributed by atoms with Gasteiger partial charge in [0.25, 0.3) is 0 Å². The van der Waals surface area contributed by atoms with Gasteiger partial charge in [0, 0.05) is 6.42 Å². The van der Waals surface area contributed by atoms with Gasteiger partial charge in [-0.25, -0.2) is 8.78 Å². The topological polar surface area (TPSA) is 65.5 Å². The normalized spacial score (nSPS) is 13.0. The number of nitriles is 2. The summed E-state index contributed by atoms with van der Waals surface area (Å²) < 4.78 is 72.6. The summed E-state index contributed by atoms with van der Waals surface area (Å²) in [5, 5.41) is 21.6. The summed E-state index contributed by atoms with van der Waals surface area (Å²) in [7, 11) is 0. The van der Waals surface area contributed by atoms with Crippen molar-refractivity contribution in [3.63, 3.8) is 0 Å². The summed E-state index contributed by atoms with van der Waals surface area (Å²) in [5.41, 5.74) is 7.12. The van der Waals surface area contributed by atoms with Crippen LogP contribution in [0.3, 0.4) is 0 Å². The van der Waals surface area contributed by atoms with Crippen molar-refractivity contribution in [3.05, 3.63) is 192 Å². The highest BCUT2D eigenvalue weighted by Crippen LogP contribution is 2.43. The van der Waals surface area contributed by atoms with E-state index in [0.717, 1.165) is 17.7 Å². The molecular weight excluding hydrogens is 696 g/mol. The van der Waals surface area contributed by atoms with Crippen LogP contribution < -0.4 is 15.2 Å². The largest absolute Gasteiger partial charge is 0.573 e. The van der Waals surface area contributed by atoms with E-state index in [4.69, 9.17) is 13.1 Å². The molecule has 0 heterocycles. The van der Waals surface area contributed by atoms with E-state index in [0.29, 0.717) is 77.2 Å². The third-order valence-corrected chi connectivity index (χ3v) is 9.51. The highest BCUT2D eigenvalue weighted by atomic mass is 19.4. The molecule has 54 heavy (non-hydrogen) atoms. The molecule has 0 saturated carbocycles. The second-order valence-electron chi connectivity index (χ2n) is 12.6. The third-order valence-electron chi connectivity index (χ3n) is 9.51. The van der Waals surface area contributed by atoms with Crippen LogP contribution in [0.1, 0.15) is 27.8 Å². The summed E-state index contributed by atoms with van der Waals surface area (Å²) in [6, 6.07) is 28.2. The van der Waals surface area contributed by atoms with Gasteiger partial charge in [0.2, 0.25) is 0 Å². The van der Waals surface area contributed by atoms with Gasteiger partial charge in [-0.15, -0.1) is 13.2 Å².